The zero-order valence-corrected chi connectivity index (χ0v) is 6.51. The van der Waals surface area contributed by atoms with Crippen LogP contribution >= 0.6 is 0 Å². The number of benzene rings is 1. The summed E-state index contributed by atoms with van der Waals surface area (Å²) >= 11 is 0. The van der Waals surface area contributed by atoms with Gasteiger partial charge in [-0.3, -0.25) is 0 Å². The van der Waals surface area contributed by atoms with Crippen molar-refractivity contribution in [2.24, 2.45) is 0 Å². The molecule has 1 rings (SSSR count). The maximum absolute atomic E-state index is 12.5. The maximum Gasteiger partial charge on any atom is 0.134 e. The molecule has 0 N–H and O–H groups in total. The molecule has 0 aliphatic rings. The van der Waals surface area contributed by atoms with Gasteiger partial charge >= 0.3 is 0 Å². The van der Waals surface area contributed by atoms with Gasteiger partial charge in [0, 0.05) is 18.6 Å². The zero-order valence-electron chi connectivity index (χ0n) is 6.51. The quantitative estimate of drug-likeness (QED) is 0.489. The van der Waals surface area contributed by atoms with Crippen LogP contribution in [0.15, 0.2) is 18.2 Å². The second-order valence-corrected chi connectivity index (χ2v) is 2.17. The molecule has 0 amide bonds. The van der Waals surface area contributed by atoms with E-state index < -0.39 is 5.82 Å². The summed E-state index contributed by atoms with van der Waals surface area (Å²) in [6, 6.07) is 6.76. The Kier molecular flexibility index (Phi) is 3.16. The molecule has 0 saturated carbocycles. The Labute approximate surface area is 71.2 Å². The van der Waals surface area contributed by atoms with E-state index in [0.29, 0.717) is 18.8 Å². The Morgan fingerprint density at radius 1 is 1.67 bits per heavy atom. The molecule has 1 aromatic rings. The normalized spacial score (nSPS) is 9.00. The van der Waals surface area contributed by atoms with Crippen LogP contribution in [0.2, 0.25) is 0 Å². The van der Waals surface area contributed by atoms with Crippen molar-refractivity contribution in [1.82, 2.24) is 0 Å². The van der Waals surface area contributed by atoms with E-state index in [9.17, 15) is 4.39 Å². The molecule has 61 valence electrons. The van der Waals surface area contributed by atoms with Crippen LogP contribution in [0.4, 0.5) is 4.39 Å². The summed E-state index contributed by atoms with van der Waals surface area (Å²) in [5.41, 5.74) is 0. The van der Waals surface area contributed by atoms with Gasteiger partial charge in [0.25, 0.3) is 0 Å². The van der Waals surface area contributed by atoms with E-state index in [1.54, 1.807) is 6.07 Å². The number of hydrogen-bond donors (Lipinski definition) is 0. The van der Waals surface area contributed by atoms with Crippen molar-refractivity contribution < 1.29 is 9.13 Å². The summed E-state index contributed by atoms with van der Waals surface area (Å²) in [5, 5.41) is 0. The summed E-state index contributed by atoms with van der Waals surface area (Å²) in [4.78, 5) is 0. The topological polar surface area (TPSA) is 9.23 Å². The first-order valence-corrected chi connectivity index (χ1v) is 3.56. The van der Waals surface area contributed by atoms with Gasteiger partial charge in [-0.25, -0.2) is 4.39 Å². The van der Waals surface area contributed by atoms with E-state index in [-0.39, 0.29) is 0 Å². The molecule has 0 saturated heterocycles. The molecule has 0 bridgehead atoms. The SMILES string of the molecule is C#CCCOc1cc[c]c(F)c1. The molecule has 0 atom stereocenters. The molecular weight excluding hydrogens is 155 g/mol. The average Bonchev–Trinajstić information content (AvgIpc) is 2.05. The molecule has 0 aliphatic heterocycles. The second kappa shape index (κ2) is 4.40. The molecule has 0 aromatic heterocycles. The van der Waals surface area contributed by atoms with E-state index in [0.717, 1.165) is 0 Å². The molecular formula is C10H8FO. The first-order chi connectivity index (χ1) is 5.83. The van der Waals surface area contributed by atoms with E-state index in [1.165, 1.54) is 12.1 Å². The lowest BCUT2D eigenvalue weighted by Crippen LogP contribution is -1.95. The third-order valence-electron chi connectivity index (χ3n) is 1.25. The van der Waals surface area contributed by atoms with Crippen molar-refractivity contribution in [3.05, 3.63) is 30.1 Å². The number of ether oxygens (including phenoxy) is 1. The Balaban J connectivity index is 2.48. The zero-order chi connectivity index (χ0) is 8.81. The molecule has 0 aliphatic carbocycles. The summed E-state index contributed by atoms with van der Waals surface area (Å²) in [6.45, 7) is 0.417. The lowest BCUT2D eigenvalue weighted by Gasteiger charge is -2.02. The summed E-state index contributed by atoms with van der Waals surface area (Å²) in [7, 11) is 0. The monoisotopic (exact) mass is 163 g/mol. The third kappa shape index (κ3) is 2.63. The number of hydrogen-bond acceptors (Lipinski definition) is 1. The van der Waals surface area contributed by atoms with Crippen molar-refractivity contribution >= 4 is 0 Å². The van der Waals surface area contributed by atoms with Crippen LogP contribution in [-0.4, -0.2) is 6.61 Å². The van der Waals surface area contributed by atoms with Gasteiger partial charge in [0.05, 0.1) is 6.61 Å². The van der Waals surface area contributed by atoms with Gasteiger partial charge in [0.15, 0.2) is 0 Å². The van der Waals surface area contributed by atoms with Crippen LogP contribution in [-0.2, 0) is 0 Å². The van der Waals surface area contributed by atoms with E-state index >= 15 is 0 Å². The highest BCUT2D eigenvalue weighted by molar-refractivity contribution is 5.21. The Bertz CT molecular complexity index is 288. The predicted octanol–water partition coefficient (Wildman–Crippen LogP) is 2.03. The van der Waals surface area contributed by atoms with Crippen molar-refractivity contribution in [2.45, 2.75) is 6.42 Å². The van der Waals surface area contributed by atoms with E-state index in [2.05, 4.69) is 12.0 Å². The van der Waals surface area contributed by atoms with Crippen molar-refractivity contribution in [1.29, 1.82) is 0 Å². The maximum atomic E-state index is 12.5. The molecule has 12 heavy (non-hydrogen) atoms. The minimum Gasteiger partial charge on any atom is -0.492 e. The fourth-order valence-corrected chi connectivity index (χ4v) is 0.736. The van der Waals surface area contributed by atoms with Gasteiger partial charge in [-0.15, -0.1) is 12.3 Å². The van der Waals surface area contributed by atoms with Gasteiger partial charge in [-0.05, 0) is 12.1 Å². The third-order valence-corrected chi connectivity index (χ3v) is 1.25. The lowest BCUT2D eigenvalue weighted by atomic mass is 10.3. The highest BCUT2D eigenvalue weighted by atomic mass is 19.1. The Morgan fingerprint density at radius 3 is 3.17 bits per heavy atom. The van der Waals surface area contributed by atoms with Crippen LogP contribution in [0.3, 0.4) is 0 Å². The van der Waals surface area contributed by atoms with Crippen LogP contribution < -0.4 is 4.74 Å². The molecule has 0 spiro atoms. The minimum atomic E-state index is -0.423. The first kappa shape index (κ1) is 8.61. The van der Waals surface area contributed by atoms with Crippen molar-refractivity contribution in [3.8, 4) is 18.1 Å². The predicted molar refractivity (Wildman–Crippen MR) is 44.2 cm³/mol. The minimum absolute atomic E-state index is 0.417. The molecule has 0 unspecified atom stereocenters. The fourth-order valence-electron chi connectivity index (χ4n) is 0.736. The van der Waals surface area contributed by atoms with Gasteiger partial charge in [-0.1, -0.05) is 0 Å². The smallest absolute Gasteiger partial charge is 0.134 e. The summed E-state index contributed by atoms with van der Waals surface area (Å²) in [5.74, 6) is 2.49. The largest absolute Gasteiger partial charge is 0.492 e. The summed E-state index contributed by atoms with van der Waals surface area (Å²) < 4.78 is 17.6. The lowest BCUT2D eigenvalue weighted by molar-refractivity contribution is 0.325. The molecule has 1 nitrogen and oxygen atoms in total. The summed E-state index contributed by atoms with van der Waals surface area (Å²) in [6.07, 6.45) is 5.54. The molecule has 0 fully saturated rings. The highest BCUT2D eigenvalue weighted by Crippen LogP contribution is 2.11. The van der Waals surface area contributed by atoms with Gasteiger partial charge in [-0.2, -0.15) is 0 Å². The van der Waals surface area contributed by atoms with Crippen LogP contribution in [0.25, 0.3) is 0 Å². The number of terminal acetylenes is 1. The number of halogens is 1. The Hall–Kier alpha value is -1.49. The van der Waals surface area contributed by atoms with Crippen LogP contribution in [0, 0.1) is 24.2 Å². The van der Waals surface area contributed by atoms with Gasteiger partial charge in [0.1, 0.15) is 11.6 Å². The first-order valence-electron chi connectivity index (χ1n) is 3.56. The van der Waals surface area contributed by atoms with E-state index in [1.807, 2.05) is 0 Å². The Morgan fingerprint density at radius 2 is 2.50 bits per heavy atom. The van der Waals surface area contributed by atoms with Gasteiger partial charge in [0.2, 0.25) is 0 Å². The van der Waals surface area contributed by atoms with E-state index in [4.69, 9.17) is 11.2 Å². The van der Waals surface area contributed by atoms with Crippen LogP contribution in [0.5, 0.6) is 5.75 Å². The fraction of sp³-hybridized carbons (Fsp3) is 0.200. The number of rotatable bonds is 3. The van der Waals surface area contributed by atoms with Gasteiger partial charge < -0.3 is 4.74 Å². The average molecular weight is 163 g/mol. The second-order valence-electron chi connectivity index (χ2n) is 2.17. The standard InChI is InChI=1S/C10H8FO/c1-2-3-7-12-10-6-4-5-9(11)8-10/h1,4,6,8H,3,7H2. The molecule has 1 radical (unpaired) electrons. The molecule has 2 heteroatoms. The van der Waals surface area contributed by atoms with Crippen molar-refractivity contribution in [2.75, 3.05) is 6.61 Å². The molecule has 0 heterocycles. The highest BCUT2D eigenvalue weighted by Gasteiger charge is 1.94. The molecule has 1 aromatic carbocycles. The van der Waals surface area contributed by atoms with Crippen LogP contribution in [0.1, 0.15) is 6.42 Å². The van der Waals surface area contributed by atoms with Crippen molar-refractivity contribution in [3.63, 3.8) is 0 Å².